The van der Waals surface area contributed by atoms with E-state index >= 15 is 0 Å². The van der Waals surface area contributed by atoms with Gasteiger partial charge >= 0.3 is 0 Å². The summed E-state index contributed by atoms with van der Waals surface area (Å²) < 4.78 is 31.5. The van der Waals surface area contributed by atoms with E-state index in [4.69, 9.17) is 4.74 Å². The third kappa shape index (κ3) is 4.72. The molecule has 29 heavy (non-hydrogen) atoms. The lowest BCUT2D eigenvalue weighted by atomic mass is 10.0. The number of methoxy groups -OCH3 is 1. The number of sulfonamides is 1. The van der Waals surface area contributed by atoms with Gasteiger partial charge in [0.2, 0.25) is 10.0 Å². The highest BCUT2D eigenvalue weighted by atomic mass is 32.2. The molecule has 1 amide bonds. The molecule has 0 bridgehead atoms. The van der Waals surface area contributed by atoms with Gasteiger partial charge in [0.1, 0.15) is 5.75 Å². The molecule has 2 aromatic rings. The summed E-state index contributed by atoms with van der Waals surface area (Å²) in [6, 6.07) is 12.6. The van der Waals surface area contributed by atoms with Crippen LogP contribution in [0.4, 0.5) is 5.69 Å². The van der Waals surface area contributed by atoms with Gasteiger partial charge in [-0.1, -0.05) is 25.1 Å². The number of nitrogens with zero attached hydrogens (tertiary/aromatic N) is 1. The van der Waals surface area contributed by atoms with Gasteiger partial charge in [0, 0.05) is 12.1 Å². The van der Waals surface area contributed by atoms with Gasteiger partial charge in [-0.3, -0.25) is 9.10 Å². The van der Waals surface area contributed by atoms with Crippen LogP contribution in [0.3, 0.4) is 0 Å². The summed E-state index contributed by atoms with van der Waals surface area (Å²) in [6.07, 6.45) is 2.24. The Morgan fingerprint density at radius 1 is 1.21 bits per heavy atom. The van der Waals surface area contributed by atoms with Crippen LogP contribution in [0, 0.1) is 6.92 Å². The number of amides is 1. The Labute approximate surface area is 172 Å². The van der Waals surface area contributed by atoms with Gasteiger partial charge in [-0.05, 0) is 61.6 Å². The normalized spacial score (nSPS) is 16.9. The van der Waals surface area contributed by atoms with Gasteiger partial charge in [0.05, 0.1) is 24.6 Å². The molecule has 1 atom stereocenters. The van der Waals surface area contributed by atoms with Crippen LogP contribution in [-0.4, -0.2) is 33.7 Å². The van der Waals surface area contributed by atoms with Crippen molar-refractivity contribution in [3.63, 3.8) is 0 Å². The van der Waals surface area contributed by atoms with Crippen LogP contribution in [0.25, 0.3) is 0 Å². The van der Waals surface area contributed by atoms with Gasteiger partial charge in [0.25, 0.3) is 5.91 Å². The van der Waals surface area contributed by atoms with E-state index in [2.05, 4.69) is 5.32 Å². The Kier molecular flexibility index (Phi) is 6.47. The minimum absolute atomic E-state index is 0.144. The zero-order chi connectivity index (χ0) is 21.0. The van der Waals surface area contributed by atoms with E-state index < -0.39 is 10.0 Å². The van der Waals surface area contributed by atoms with Crippen LogP contribution in [0.5, 0.6) is 5.75 Å². The van der Waals surface area contributed by atoms with E-state index in [1.807, 2.05) is 32.0 Å². The highest BCUT2D eigenvalue weighted by molar-refractivity contribution is 7.92. The summed E-state index contributed by atoms with van der Waals surface area (Å²) in [5.41, 5.74) is 3.02. The number of ether oxygens (including phenoxy) is 1. The molecule has 0 aliphatic carbocycles. The zero-order valence-electron chi connectivity index (χ0n) is 17.1. The fraction of sp³-hybridized carbons (Fsp3) is 0.409. The van der Waals surface area contributed by atoms with Crippen molar-refractivity contribution in [2.75, 3.05) is 23.7 Å². The van der Waals surface area contributed by atoms with E-state index in [0.717, 1.165) is 29.7 Å². The van der Waals surface area contributed by atoms with Crippen LogP contribution in [0.1, 0.15) is 53.7 Å². The number of nitrogens with one attached hydrogen (secondary N) is 1. The Bertz CT molecular complexity index is 988. The smallest absolute Gasteiger partial charge is 0.251 e. The summed E-state index contributed by atoms with van der Waals surface area (Å²) in [5, 5.41) is 3.07. The van der Waals surface area contributed by atoms with Gasteiger partial charge in [-0.15, -0.1) is 0 Å². The van der Waals surface area contributed by atoms with Crippen molar-refractivity contribution in [3.05, 3.63) is 59.2 Å². The minimum atomic E-state index is -3.31. The fourth-order valence-electron chi connectivity index (χ4n) is 3.66. The lowest BCUT2D eigenvalue weighted by Crippen LogP contribution is -2.38. The average molecular weight is 417 g/mol. The fourth-order valence-corrected chi connectivity index (χ4v) is 5.29. The van der Waals surface area contributed by atoms with E-state index in [9.17, 15) is 13.2 Å². The summed E-state index contributed by atoms with van der Waals surface area (Å²) in [5.74, 6) is 0.741. The van der Waals surface area contributed by atoms with E-state index in [-0.39, 0.29) is 17.7 Å². The third-order valence-corrected chi connectivity index (χ3v) is 7.15. The second kappa shape index (κ2) is 8.86. The zero-order valence-corrected chi connectivity index (χ0v) is 18.0. The summed E-state index contributed by atoms with van der Waals surface area (Å²) in [4.78, 5) is 12.9. The molecular weight excluding hydrogens is 388 g/mol. The molecule has 6 nitrogen and oxygen atoms in total. The average Bonchev–Trinajstić information content (AvgIpc) is 2.71. The van der Waals surface area contributed by atoms with Crippen molar-refractivity contribution in [1.29, 1.82) is 0 Å². The van der Waals surface area contributed by atoms with Crippen molar-refractivity contribution in [2.45, 2.75) is 39.2 Å². The monoisotopic (exact) mass is 416 g/mol. The molecule has 1 aliphatic heterocycles. The van der Waals surface area contributed by atoms with Gasteiger partial charge < -0.3 is 10.1 Å². The topological polar surface area (TPSA) is 75.7 Å². The Hall–Kier alpha value is -2.54. The van der Waals surface area contributed by atoms with Gasteiger partial charge in [0.15, 0.2) is 0 Å². The van der Waals surface area contributed by atoms with Crippen LogP contribution in [0.2, 0.25) is 0 Å². The summed E-state index contributed by atoms with van der Waals surface area (Å²) in [7, 11) is -1.68. The maximum Gasteiger partial charge on any atom is 0.251 e. The van der Waals surface area contributed by atoms with Crippen LogP contribution in [-0.2, 0) is 10.0 Å². The SMILES string of the molecule is CC[C@@H](NC(=O)c1cccc(N2CCCCS2(=O)=O)c1)c1ccc(OC)c(C)c1. The first kappa shape index (κ1) is 21.2. The lowest BCUT2D eigenvalue weighted by molar-refractivity contribution is 0.0935. The van der Waals surface area contributed by atoms with E-state index in [1.54, 1.807) is 31.4 Å². The molecule has 2 aromatic carbocycles. The highest BCUT2D eigenvalue weighted by Gasteiger charge is 2.26. The largest absolute Gasteiger partial charge is 0.496 e. The maximum atomic E-state index is 12.9. The second-order valence-electron chi connectivity index (χ2n) is 7.31. The molecule has 1 aliphatic rings. The number of benzene rings is 2. The first-order valence-corrected chi connectivity index (χ1v) is 11.5. The third-order valence-electron chi connectivity index (χ3n) is 5.28. The summed E-state index contributed by atoms with van der Waals surface area (Å²) >= 11 is 0. The molecule has 1 fully saturated rings. The maximum absolute atomic E-state index is 12.9. The number of carbonyl (C=O) groups excluding carboxylic acids is 1. The number of carbonyl (C=O) groups is 1. The molecule has 3 rings (SSSR count). The second-order valence-corrected chi connectivity index (χ2v) is 9.32. The highest BCUT2D eigenvalue weighted by Crippen LogP contribution is 2.26. The standard InChI is InChI=1S/C22H28N2O4S/c1-4-20(17-10-11-21(28-3)16(2)14-17)23-22(25)18-8-7-9-19(15-18)24-12-5-6-13-29(24,26)27/h7-11,14-15,20H,4-6,12-13H2,1-3H3,(H,23,25)/t20-/m1/s1. The molecule has 156 valence electrons. The van der Waals surface area contributed by atoms with Crippen molar-refractivity contribution in [3.8, 4) is 5.75 Å². The van der Waals surface area contributed by atoms with Crippen molar-refractivity contribution in [1.82, 2.24) is 5.32 Å². The Balaban J connectivity index is 1.80. The predicted molar refractivity (Wildman–Crippen MR) is 115 cm³/mol. The molecule has 0 unspecified atom stereocenters. The number of hydrogen-bond acceptors (Lipinski definition) is 4. The predicted octanol–water partition coefficient (Wildman–Crippen LogP) is 3.81. The first-order valence-electron chi connectivity index (χ1n) is 9.91. The molecule has 1 heterocycles. The molecule has 1 N–H and O–H groups in total. The van der Waals surface area contributed by atoms with Crippen molar-refractivity contribution in [2.24, 2.45) is 0 Å². The molecule has 0 saturated carbocycles. The molecule has 7 heteroatoms. The van der Waals surface area contributed by atoms with E-state index in [0.29, 0.717) is 24.2 Å². The van der Waals surface area contributed by atoms with Crippen LogP contribution >= 0.6 is 0 Å². The first-order chi connectivity index (χ1) is 13.9. The number of anilines is 1. The molecule has 0 radical (unpaired) electrons. The Morgan fingerprint density at radius 3 is 2.66 bits per heavy atom. The minimum Gasteiger partial charge on any atom is -0.496 e. The van der Waals surface area contributed by atoms with E-state index in [1.165, 1.54) is 4.31 Å². The van der Waals surface area contributed by atoms with Gasteiger partial charge in [-0.25, -0.2) is 8.42 Å². The van der Waals surface area contributed by atoms with Crippen LogP contribution < -0.4 is 14.4 Å². The van der Waals surface area contributed by atoms with Crippen molar-refractivity contribution < 1.29 is 17.9 Å². The van der Waals surface area contributed by atoms with Crippen LogP contribution in [0.15, 0.2) is 42.5 Å². The molecule has 0 spiro atoms. The number of hydrogen-bond donors (Lipinski definition) is 1. The lowest BCUT2D eigenvalue weighted by Gasteiger charge is -2.28. The number of rotatable bonds is 6. The Morgan fingerprint density at radius 2 is 2.00 bits per heavy atom. The molecule has 0 aromatic heterocycles. The van der Waals surface area contributed by atoms with Crippen molar-refractivity contribution >= 4 is 21.6 Å². The van der Waals surface area contributed by atoms with Gasteiger partial charge in [-0.2, -0.15) is 0 Å². The molecule has 1 saturated heterocycles. The summed E-state index contributed by atoms with van der Waals surface area (Å²) in [6.45, 7) is 4.44. The number of aryl methyl sites for hydroxylation is 1. The quantitative estimate of drug-likeness (QED) is 0.777. The molecular formula is C22H28N2O4S.